The number of aromatic nitrogens is 2. The molecule has 0 saturated carbocycles. The lowest BCUT2D eigenvalue weighted by atomic mass is 9.92. The molecule has 0 fully saturated rings. The van der Waals surface area contributed by atoms with Crippen molar-refractivity contribution in [1.82, 2.24) is 10.2 Å². The van der Waals surface area contributed by atoms with Crippen molar-refractivity contribution in [3.05, 3.63) is 64.2 Å². The van der Waals surface area contributed by atoms with Crippen molar-refractivity contribution in [2.45, 2.75) is 18.9 Å². The Morgan fingerprint density at radius 2 is 2.04 bits per heavy atom. The Kier molecular flexibility index (Phi) is 4.20. The van der Waals surface area contributed by atoms with Gasteiger partial charge in [-0.05, 0) is 18.6 Å². The average molecular weight is 340 g/mol. The quantitative estimate of drug-likeness (QED) is 0.487. The first-order valence-corrected chi connectivity index (χ1v) is 7.57. The van der Waals surface area contributed by atoms with Crippen molar-refractivity contribution in [3.8, 4) is 0 Å². The number of anilines is 1. The van der Waals surface area contributed by atoms with Gasteiger partial charge in [-0.2, -0.15) is 5.10 Å². The third-order valence-electron chi connectivity index (χ3n) is 3.92. The molecule has 0 saturated heterocycles. The number of nitrogens with one attached hydrogen (secondary N) is 2. The van der Waals surface area contributed by atoms with Gasteiger partial charge in [0.2, 0.25) is 5.91 Å². The molecule has 8 heteroatoms. The number of fused-ring (bicyclic) bond motifs is 1. The van der Waals surface area contributed by atoms with Gasteiger partial charge in [-0.1, -0.05) is 30.3 Å². The first kappa shape index (κ1) is 16.6. The molecule has 1 aromatic heterocycles. The van der Waals surface area contributed by atoms with Gasteiger partial charge in [0, 0.05) is 12.1 Å². The SMILES string of the molecule is C[C@@](O)(CC(=O)Nc1n[nH]c2ccc([N+](=O)[O-])cc12)c1ccccc1. The number of nitro groups is 1. The van der Waals surface area contributed by atoms with E-state index in [1.165, 1.54) is 18.2 Å². The summed E-state index contributed by atoms with van der Waals surface area (Å²) in [6, 6.07) is 13.1. The summed E-state index contributed by atoms with van der Waals surface area (Å²) in [6.45, 7) is 1.55. The van der Waals surface area contributed by atoms with E-state index < -0.39 is 16.4 Å². The largest absolute Gasteiger partial charge is 0.385 e. The van der Waals surface area contributed by atoms with Gasteiger partial charge in [-0.25, -0.2) is 0 Å². The van der Waals surface area contributed by atoms with Gasteiger partial charge in [-0.15, -0.1) is 0 Å². The van der Waals surface area contributed by atoms with Gasteiger partial charge >= 0.3 is 0 Å². The zero-order valence-corrected chi connectivity index (χ0v) is 13.4. The second-order valence-electron chi connectivity index (χ2n) is 5.92. The Hall–Kier alpha value is -3.26. The molecule has 2 aromatic carbocycles. The van der Waals surface area contributed by atoms with Gasteiger partial charge in [0.15, 0.2) is 5.82 Å². The van der Waals surface area contributed by atoms with Gasteiger partial charge in [0.1, 0.15) is 0 Å². The van der Waals surface area contributed by atoms with E-state index in [0.717, 1.165) is 0 Å². The fraction of sp³-hybridized carbons (Fsp3) is 0.176. The lowest BCUT2D eigenvalue weighted by Gasteiger charge is -2.22. The summed E-state index contributed by atoms with van der Waals surface area (Å²) in [5.41, 5.74) is -0.257. The summed E-state index contributed by atoms with van der Waals surface area (Å²) in [6.07, 6.45) is -0.180. The van der Waals surface area contributed by atoms with Crippen molar-refractivity contribution >= 4 is 28.3 Å². The molecular formula is C17H16N4O4. The molecule has 0 aliphatic heterocycles. The van der Waals surface area contributed by atoms with E-state index >= 15 is 0 Å². The fourth-order valence-corrected chi connectivity index (χ4v) is 2.60. The van der Waals surface area contributed by atoms with Gasteiger partial charge in [-0.3, -0.25) is 20.0 Å². The Morgan fingerprint density at radius 3 is 2.72 bits per heavy atom. The zero-order valence-electron chi connectivity index (χ0n) is 13.4. The van der Waals surface area contributed by atoms with Crippen LogP contribution in [0.25, 0.3) is 10.9 Å². The molecule has 0 spiro atoms. The Morgan fingerprint density at radius 1 is 1.32 bits per heavy atom. The highest BCUT2D eigenvalue weighted by Gasteiger charge is 2.27. The lowest BCUT2D eigenvalue weighted by Crippen LogP contribution is -2.28. The van der Waals surface area contributed by atoms with Gasteiger partial charge < -0.3 is 10.4 Å². The minimum absolute atomic E-state index is 0.0966. The minimum atomic E-state index is -1.34. The Labute approximate surface area is 142 Å². The molecule has 128 valence electrons. The first-order chi connectivity index (χ1) is 11.9. The summed E-state index contributed by atoms with van der Waals surface area (Å²) < 4.78 is 0. The number of nitrogens with zero attached hydrogens (tertiary/aromatic N) is 2. The normalized spacial score (nSPS) is 13.4. The van der Waals surface area contributed by atoms with Crippen molar-refractivity contribution in [3.63, 3.8) is 0 Å². The van der Waals surface area contributed by atoms with Crippen LogP contribution in [0.2, 0.25) is 0 Å². The number of rotatable bonds is 5. The van der Waals surface area contributed by atoms with E-state index in [1.807, 2.05) is 6.07 Å². The van der Waals surface area contributed by atoms with E-state index in [9.17, 15) is 20.0 Å². The first-order valence-electron chi connectivity index (χ1n) is 7.57. The second kappa shape index (κ2) is 6.33. The summed E-state index contributed by atoms with van der Waals surface area (Å²) in [7, 11) is 0. The van der Waals surface area contributed by atoms with E-state index in [-0.39, 0.29) is 17.9 Å². The second-order valence-corrected chi connectivity index (χ2v) is 5.92. The lowest BCUT2D eigenvalue weighted by molar-refractivity contribution is -0.384. The monoisotopic (exact) mass is 340 g/mol. The van der Waals surface area contributed by atoms with E-state index in [0.29, 0.717) is 16.5 Å². The number of benzene rings is 2. The Bertz CT molecular complexity index is 934. The number of amides is 1. The topological polar surface area (TPSA) is 121 Å². The van der Waals surface area contributed by atoms with Crippen molar-refractivity contribution < 1.29 is 14.8 Å². The highest BCUT2D eigenvalue weighted by Crippen LogP contribution is 2.27. The van der Waals surface area contributed by atoms with E-state index in [2.05, 4.69) is 15.5 Å². The van der Waals surface area contributed by atoms with Crippen LogP contribution in [0.15, 0.2) is 48.5 Å². The number of carbonyl (C=O) groups excluding carboxylic acids is 1. The summed E-state index contributed by atoms with van der Waals surface area (Å²) >= 11 is 0. The maximum absolute atomic E-state index is 12.3. The molecule has 3 N–H and O–H groups in total. The third kappa shape index (κ3) is 3.48. The summed E-state index contributed by atoms with van der Waals surface area (Å²) in [5.74, 6) is -0.263. The molecule has 3 aromatic rings. The molecule has 0 unspecified atom stereocenters. The standard InChI is InChI=1S/C17H16N4O4/c1-17(23,11-5-3-2-4-6-11)10-15(22)18-16-13-9-12(21(24)25)7-8-14(13)19-20-16/h2-9,23H,10H2,1H3,(H2,18,19,20,22)/t17-/m1/s1. The smallest absolute Gasteiger partial charge is 0.270 e. The number of carbonyl (C=O) groups is 1. The van der Waals surface area contributed by atoms with E-state index in [1.54, 1.807) is 31.2 Å². The van der Waals surface area contributed by atoms with E-state index in [4.69, 9.17) is 0 Å². The highest BCUT2D eigenvalue weighted by molar-refractivity contribution is 6.00. The molecule has 1 atom stereocenters. The van der Waals surface area contributed by atoms with Crippen LogP contribution < -0.4 is 5.32 Å². The van der Waals surface area contributed by atoms with Crippen LogP contribution in [0.5, 0.6) is 0 Å². The number of aliphatic hydroxyl groups is 1. The molecule has 0 bridgehead atoms. The average Bonchev–Trinajstić information content (AvgIpc) is 2.97. The maximum Gasteiger partial charge on any atom is 0.270 e. The predicted octanol–water partition coefficient (Wildman–Crippen LogP) is 2.71. The fourth-order valence-electron chi connectivity index (χ4n) is 2.60. The molecule has 0 aliphatic carbocycles. The molecular weight excluding hydrogens is 324 g/mol. The molecule has 0 aliphatic rings. The number of hydrogen-bond donors (Lipinski definition) is 3. The van der Waals surface area contributed by atoms with Crippen LogP contribution >= 0.6 is 0 Å². The third-order valence-corrected chi connectivity index (χ3v) is 3.92. The summed E-state index contributed by atoms with van der Waals surface area (Å²) in [4.78, 5) is 22.7. The molecule has 3 rings (SSSR count). The molecule has 25 heavy (non-hydrogen) atoms. The van der Waals surface area contributed by atoms with Gasteiger partial charge in [0.05, 0.1) is 27.8 Å². The number of aromatic amines is 1. The number of H-pyrrole nitrogens is 1. The minimum Gasteiger partial charge on any atom is -0.385 e. The van der Waals surface area contributed by atoms with Crippen LogP contribution in [0.4, 0.5) is 11.5 Å². The molecule has 0 radical (unpaired) electrons. The van der Waals surface area contributed by atoms with Crippen LogP contribution in [0.1, 0.15) is 18.9 Å². The molecule has 1 amide bonds. The van der Waals surface area contributed by atoms with Crippen LogP contribution in [-0.2, 0) is 10.4 Å². The van der Waals surface area contributed by atoms with Crippen LogP contribution in [0, 0.1) is 10.1 Å². The molecule has 8 nitrogen and oxygen atoms in total. The van der Waals surface area contributed by atoms with Gasteiger partial charge in [0.25, 0.3) is 5.69 Å². The van der Waals surface area contributed by atoms with Crippen LogP contribution in [-0.4, -0.2) is 26.1 Å². The maximum atomic E-state index is 12.3. The van der Waals surface area contributed by atoms with Crippen molar-refractivity contribution in [1.29, 1.82) is 0 Å². The Balaban J connectivity index is 1.80. The number of hydrogen-bond acceptors (Lipinski definition) is 5. The summed E-state index contributed by atoms with van der Waals surface area (Å²) in [5, 5.41) is 31.1. The van der Waals surface area contributed by atoms with Crippen LogP contribution in [0.3, 0.4) is 0 Å². The van der Waals surface area contributed by atoms with Crippen molar-refractivity contribution in [2.24, 2.45) is 0 Å². The molecule has 1 heterocycles. The van der Waals surface area contributed by atoms with Crippen molar-refractivity contribution in [2.75, 3.05) is 5.32 Å². The number of non-ortho nitro benzene ring substituents is 1. The number of nitro benzene ring substituents is 1. The zero-order chi connectivity index (χ0) is 18.0. The predicted molar refractivity (Wildman–Crippen MR) is 92.0 cm³/mol. The highest BCUT2D eigenvalue weighted by atomic mass is 16.6.